The van der Waals surface area contributed by atoms with Crippen molar-refractivity contribution in [3.05, 3.63) is 65.5 Å². The van der Waals surface area contributed by atoms with Crippen LogP contribution in [0.5, 0.6) is 0 Å². The van der Waals surface area contributed by atoms with Crippen LogP contribution in [-0.4, -0.2) is 17.6 Å². The molecule has 0 radical (unpaired) electrons. The summed E-state index contributed by atoms with van der Waals surface area (Å²) in [5, 5.41) is 2.65. The second-order valence-corrected chi connectivity index (χ2v) is 5.57. The van der Waals surface area contributed by atoms with Crippen LogP contribution < -0.4 is 11.1 Å². The molecule has 0 atom stereocenters. The Hall–Kier alpha value is -2.34. The maximum atomic E-state index is 13.0. The highest BCUT2D eigenvalue weighted by Gasteiger charge is 2.10. The minimum absolute atomic E-state index is 0.198. The maximum absolute atomic E-state index is 13.0. The Labute approximate surface area is 131 Å². The Morgan fingerprint density at radius 2 is 1.91 bits per heavy atom. The molecular formula is C16H15FN2O2S. The molecule has 6 heteroatoms. The molecule has 114 valence electrons. The summed E-state index contributed by atoms with van der Waals surface area (Å²) in [6.45, 7) is 0. The molecule has 2 aromatic carbocycles. The van der Waals surface area contributed by atoms with E-state index in [2.05, 4.69) is 5.32 Å². The molecule has 4 nitrogen and oxygen atoms in total. The summed E-state index contributed by atoms with van der Waals surface area (Å²) in [4.78, 5) is 23.2. The van der Waals surface area contributed by atoms with Crippen LogP contribution in [0.2, 0.25) is 0 Å². The average Bonchev–Trinajstić information content (AvgIpc) is 2.47. The summed E-state index contributed by atoms with van der Waals surface area (Å²) in [6.07, 6.45) is 0. The van der Waals surface area contributed by atoms with Gasteiger partial charge in [-0.15, -0.1) is 11.8 Å². The number of hydrogen-bond acceptors (Lipinski definition) is 3. The Morgan fingerprint density at radius 3 is 2.64 bits per heavy atom. The molecule has 0 fully saturated rings. The minimum atomic E-state index is -0.594. The van der Waals surface area contributed by atoms with Crippen LogP contribution in [-0.2, 0) is 10.5 Å². The number of hydrogen-bond donors (Lipinski definition) is 2. The van der Waals surface area contributed by atoms with E-state index in [1.54, 1.807) is 36.4 Å². The van der Waals surface area contributed by atoms with Gasteiger partial charge >= 0.3 is 0 Å². The monoisotopic (exact) mass is 318 g/mol. The molecule has 0 aliphatic rings. The van der Waals surface area contributed by atoms with Crippen molar-refractivity contribution in [3.63, 3.8) is 0 Å². The first-order chi connectivity index (χ1) is 10.6. The van der Waals surface area contributed by atoms with Gasteiger partial charge in [-0.25, -0.2) is 4.39 Å². The first kappa shape index (κ1) is 16.0. The highest BCUT2D eigenvalue weighted by atomic mass is 32.2. The summed E-state index contributed by atoms with van der Waals surface area (Å²) < 4.78 is 13.0. The van der Waals surface area contributed by atoms with Gasteiger partial charge in [-0.1, -0.05) is 24.3 Å². The summed E-state index contributed by atoms with van der Waals surface area (Å²) >= 11 is 1.36. The number of rotatable bonds is 6. The molecule has 0 bridgehead atoms. The zero-order valence-corrected chi connectivity index (χ0v) is 12.5. The van der Waals surface area contributed by atoms with Crippen molar-refractivity contribution < 1.29 is 14.0 Å². The van der Waals surface area contributed by atoms with Crippen molar-refractivity contribution in [3.8, 4) is 0 Å². The van der Waals surface area contributed by atoms with Crippen molar-refractivity contribution in [1.29, 1.82) is 0 Å². The van der Waals surface area contributed by atoms with Gasteiger partial charge in [-0.05, 0) is 29.8 Å². The number of amides is 2. The third kappa shape index (κ3) is 4.60. The van der Waals surface area contributed by atoms with Crippen molar-refractivity contribution in [2.45, 2.75) is 5.75 Å². The lowest BCUT2D eigenvalue weighted by atomic mass is 10.1. The first-order valence-corrected chi connectivity index (χ1v) is 7.72. The number of halogens is 1. The van der Waals surface area contributed by atoms with Gasteiger partial charge in [0.05, 0.1) is 17.0 Å². The van der Waals surface area contributed by atoms with E-state index in [4.69, 9.17) is 5.73 Å². The molecule has 0 saturated carbocycles. The molecule has 0 saturated heterocycles. The van der Waals surface area contributed by atoms with Crippen molar-refractivity contribution in [2.75, 3.05) is 11.1 Å². The van der Waals surface area contributed by atoms with Gasteiger partial charge in [-0.3, -0.25) is 9.59 Å². The Morgan fingerprint density at radius 1 is 1.14 bits per heavy atom. The number of para-hydroxylation sites is 1. The predicted molar refractivity (Wildman–Crippen MR) is 86.2 cm³/mol. The number of thioether (sulfide) groups is 1. The molecule has 0 aliphatic carbocycles. The van der Waals surface area contributed by atoms with Crippen molar-refractivity contribution in [1.82, 2.24) is 0 Å². The number of anilines is 1. The van der Waals surface area contributed by atoms with Gasteiger partial charge in [0.25, 0.3) is 5.91 Å². The van der Waals surface area contributed by atoms with E-state index in [0.717, 1.165) is 5.56 Å². The SMILES string of the molecule is NC(=O)c1ccccc1NC(=O)CSCc1cccc(F)c1. The third-order valence-electron chi connectivity index (χ3n) is 2.86. The van der Waals surface area contributed by atoms with Gasteiger partial charge in [-0.2, -0.15) is 0 Å². The fraction of sp³-hybridized carbons (Fsp3) is 0.125. The molecule has 0 spiro atoms. The minimum Gasteiger partial charge on any atom is -0.366 e. The lowest BCUT2D eigenvalue weighted by Gasteiger charge is -2.08. The van der Waals surface area contributed by atoms with Gasteiger partial charge < -0.3 is 11.1 Å². The highest BCUT2D eigenvalue weighted by Crippen LogP contribution is 2.16. The summed E-state index contributed by atoms with van der Waals surface area (Å²) in [5.74, 6) is -0.400. The molecule has 2 amide bonds. The van der Waals surface area contributed by atoms with Crippen LogP contribution in [0, 0.1) is 5.82 Å². The van der Waals surface area contributed by atoms with E-state index in [9.17, 15) is 14.0 Å². The van der Waals surface area contributed by atoms with Crippen LogP contribution >= 0.6 is 11.8 Å². The number of carbonyl (C=O) groups is 2. The molecule has 2 aromatic rings. The lowest BCUT2D eigenvalue weighted by Crippen LogP contribution is -2.19. The number of benzene rings is 2. The second kappa shape index (κ2) is 7.61. The number of nitrogens with two attached hydrogens (primary N) is 1. The van der Waals surface area contributed by atoms with E-state index in [1.807, 2.05) is 0 Å². The van der Waals surface area contributed by atoms with Gasteiger partial charge in [0.15, 0.2) is 0 Å². The van der Waals surface area contributed by atoms with Crippen molar-refractivity contribution >= 4 is 29.3 Å². The Kier molecular flexibility index (Phi) is 5.55. The molecule has 0 aliphatic heterocycles. The molecular weight excluding hydrogens is 303 g/mol. The smallest absolute Gasteiger partial charge is 0.250 e. The van der Waals surface area contributed by atoms with E-state index in [0.29, 0.717) is 11.4 Å². The topological polar surface area (TPSA) is 72.2 Å². The Balaban J connectivity index is 1.87. The van der Waals surface area contributed by atoms with Crippen LogP contribution in [0.15, 0.2) is 48.5 Å². The predicted octanol–water partition coefficient (Wildman–Crippen LogP) is 2.80. The summed E-state index contributed by atoms with van der Waals surface area (Å²) in [7, 11) is 0. The number of nitrogens with one attached hydrogen (secondary N) is 1. The van der Waals surface area contributed by atoms with Gasteiger partial charge in [0.1, 0.15) is 5.82 Å². The number of carbonyl (C=O) groups excluding carboxylic acids is 2. The zero-order chi connectivity index (χ0) is 15.9. The van der Waals surface area contributed by atoms with Gasteiger partial charge in [0.2, 0.25) is 5.91 Å². The van der Waals surface area contributed by atoms with E-state index < -0.39 is 5.91 Å². The largest absolute Gasteiger partial charge is 0.366 e. The van der Waals surface area contributed by atoms with Crippen LogP contribution in [0.1, 0.15) is 15.9 Å². The molecule has 0 aromatic heterocycles. The lowest BCUT2D eigenvalue weighted by molar-refractivity contribution is -0.113. The fourth-order valence-corrected chi connectivity index (χ4v) is 2.66. The number of primary amides is 1. The Bertz CT molecular complexity index is 691. The van der Waals surface area contributed by atoms with Gasteiger partial charge in [0, 0.05) is 5.75 Å². The zero-order valence-electron chi connectivity index (χ0n) is 11.7. The van der Waals surface area contributed by atoms with E-state index >= 15 is 0 Å². The first-order valence-electron chi connectivity index (χ1n) is 6.57. The molecule has 0 heterocycles. The summed E-state index contributed by atoms with van der Waals surface area (Å²) in [6, 6.07) is 12.8. The van der Waals surface area contributed by atoms with E-state index in [1.165, 1.54) is 23.9 Å². The van der Waals surface area contributed by atoms with Crippen LogP contribution in [0.3, 0.4) is 0 Å². The van der Waals surface area contributed by atoms with Crippen LogP contribution in [0.25, 0.3) is 0 Å². The fourth-order valence-electron chi connectivity index (χ4n) is 1.88. The molecule has 0 unspecified atom stereocenters. The normalized spacial score (nSPS) is 10.2. The molecule has 3 N–H and O–H groups in total. The maximum Gasteiger partial charge on any atom is 0.250 e. The quantitative estimate of drug-likeness (QED) is 0.860. The average molecular weight is 318 g/mol. The van der Waals surface area contributed by atoms with Crippen molar-refractivity contribution in [2.24, 2.45) is 5.73 Å². The van der Waals surface area contributed by atoms with Crippen LogP contribution in [0.4, 0.5) is 10.1 Å². The molecule has 2 rings (SSSR count). The third-order valence-corrected chi connectivity index (χ3v) is 3.86. The highest BCUT2D eigenvalue weighted by molar-refractivity contribution is 7.99. The summed E-state index contributed by atoms with van der Waals surface area (Å²) in [5.41, 5.74) is 6.73. The second-order valence-electron chi connectivity index (χ2n) is 4.58. The molecule has 22 heavy (non-hydrogen) atoms. The standard InChI is InChI=1S/C16H15FN2O2S/c17-12-5-3-4-11(8-12)9-22-10-15(20)19-14-7-2-1-6-13(14)16(18)21/h1-8H,9-10H2,(H2,18,21)(H,19,20). The van der Waals surface area contributed by atoms with E-state index in [-0.39, 0.29) is 23.0 Å².